The molecular formula is C9H3F9. The minimum atomic E-state index is -5.83. The Labute approximate surface area is 93.8 Å². The van der Waals surface area contributed by atoms with Crippen LogP contribution in [-0.4, -0.2) is 29.4 Å². The number of allylic oxidation sites excluding steroid dienone is 4. The summed E-state index contributed by atoms with van der Waals surface area (Å²) < 4.78 is 116. The lowest BCUT2D eigenvalue weighted by Gasteiger charge is -2.49. The van der Waals surface area contributed by atoms with Crippen LogP contribution in [0.5, 0.6) is 0 Å². The lowest BCUT2D eigenvalue weighted by Crippen LogP contribution is -2.71. The van der Waals surface area contributed by atoms with E-state index in [9.17, 15) is 39.5 Å². The van der Waals surface area contributed by atoms with E-state index in [0.29, 0.717) is 0 Å². The summed E-state index contributed by atoms with van der Waals surface area (Å²) in [7, 11) is 0. The first kappa shape index (κ1) is 13.3. The van der Waals surface area contributed by atoms with E-state index in [0.717, 1.165) is 0 Å². The highest BCUT2D eigenvalue weighted by molar-refractivity contribution is 5.51. The molecule has 3 rings (SSSR count). The van der Waals surface area contributed by atoms with Crippen molar-refractivity contribution in [3.63, 3.8) is 0 Å². The van der Waals surface area contributed by atoms with Gasteiger partial charge in [0, 0.05) is 0 Å². The fourth-order valence-corrected chi connectivity index (χ4v) is 1.92. The second kappa shape index (κ2) is 2.88. The second-order valence-electron chi connectivity index (χ2n) is 4.02. The first-order valence-electron chi connectivity index (χ1n) is 4.44. The number of halogens is 9. The van der Waals surface area contributed by atoms with Gasteiger partial charge in [-0.25, -0.2) is 8.78 Å². The van der Waals surface area contributed by atoms with Gasteiger partial charge in [0.05, 0.1) is 5.57 Å². The average Bonchev–Trinajstić information content (AvgIpc) is 2.18. The van der Waals surface area contributed by atoms with Gasteiger partial charge >= 0.3 is 18.0 Å². The third-order valence-electron chi connectivity index (χ3n) is 2.94. The van der Waals surface area contributed by atoms with Crippen molar-refractivity contribution >= 4 is 0 Å². The molecule has 2 atom stereocenters. The molecular weight excluding hydrogens is 279 g/mol. The Bertz CT molecular complexity index is 457. The largest absolute Gasteiger partial charge is 0.416 e. The molecule has 2 unspecified atom stereocenters. The summed E-state index contributed by atoms with van der Waals surface area (Å²) in [6.07, 6.45) is -7.34. The molecule has 102 valence electrons. The molecule has 0 heterocycles. The maximum absolute atomic E-state index is 13.7. The lowest BCUT2D eigenvalue weighted by atomic mass is 9.67. The van der Waals surface area contributed by atoms with E-state index in [-0.39, 0.29) is 6.08 Å². The molecule has 0 aromatic rings. The zero-order valence-corrected chi connectivity index (χ0v) is 8.13. The van der Waals surface area contributed by atoms with E-state index >= 15 is 0 Å². The molecule has 0 amide bonds. The highest BCUT2D eigenvalue weighted by Gasteiger charge is 2.84. The van der Waals surface area contributed by atoms with Crippen molar-refractivity contribution in [1.82, 2.24) is 0 Å². The minimum Gasteiger partial charge on any atom is -0.228 e. The summed E-state index contributed by atoms with van der Waals surface area (Å²) in [5, 5.41) is 0. The van der Waals surface area contributed by atoms with Crippen LogP contribution in [0.25, 0.3) is 0 Å². The van der Waals surface area contributed by atoms with Crippen molar-refractivity contribution in [3.8, 4) is 0 Å². The number of fused-ring (bicyclic) bond motifs is 1. The van der Waals surface area contributed by atoms with Gasteiger partial charge in [0.25, 0.3) is 0 Å². The number of hydrogen-bond acceptors (Lipinski definition) is 0. The molecule has 0 N–H and O–H groups in total. The summed E-state index contributed by atoms with van der Waals surface area (Å²) in [4.78, 5) is 0. The minimum absolute atomic E-state index is 0.320. The predicted octanol–water partition coefficient (Wildman–Crippen LogP) is 3.75. The Morgan fingerprint density at radius 2 is 1.28 bits per heavy atom. The molecule has 0 saturated heterocycles. The van der Waals surface area contributed by atoms with E-state index in [1.807, 2.05) is 0 Å². The highest BCUT2D eigenvalue weighted by atomic mass is 19.4. The van der Waals surface area contributed by atoms with Crippen molar-refractivity contribution in [1.29, 1.82) is 0 Å². The van der Waals surface area contributed by atoms with Gasteiger partial charge in [-0.2, -0.15) is 30.7 Å². The van der Waals surface area contributed by atoms with Crippen LogP contribution in [0.4, 0.5) is 39.5 Å². The van der Waals surface area contributed by atoms with Crippen LogP contribution >= 0.6 is 0 Å². The third kappa shape index (κ3) is 1.15. The second-order valence-corrected chi connectivity index (χ2v) is 4.02. The van der Waals surface area contributed by atoms with Crippen molar-refractivity contribution in [3.05, 3.63) is 23.8 Å². The van der Waals surface area contributed by atoms with Gasteiger partial charge < -0.3 is 0 Å². The van der Waals surface area contributed by atoms with Crippen LogP contribution in [0.3, 0.4) is 0 Å². The normalized spacial score (nSPS) is 40.8. The Balaban J connectivity index is 2.77. The van der Waals surface area contributed by atoms with Crippen molar-refractivity contribution < 1.29 is 39.5 Å². The van der Waals surface area contributed by atoms with Crippen LogP contribution in [0.1, 0.15) is 0 Å². The number of hydrogen-bond donors (Lipinski definition) is 0. The van der Waals surface area contributed by atoms with Gasteiger partial charge in [-0.3, -0.25) is 0 Å². The Hall–Kier alpha value is -1.15. The summed E-state index contributed by atoms with van der Waals surface area (Å²) in [6.45, 7) is 0. The lowest BCUT2D eigenvalue weighted by molar-refractivity contribution is -0.305. The topological polar surface area (TPSA) is 0 Å². The quantitative estimate of drug-likeness (QED) is 0.469. The zero-order valence-electron chi connectivity index (χ0n) is 8.13. The molecule has 3 aliphatic rings. The van der Waals surface area contributed by atoms with E-state index in [1.54, 1.807) is 0 Å². The first-order valence-corrected chi connectivity index (χ1v) is 4.44. The van der Waals surface area contributed by atoms with Crippen LogP contribution in [-0.2, 0) is 0 Å². The standard InChI is InChI=1S/C9H3F9/c10-5-1-2-6(11,4(3-5)7(12,13)14)9(17,18)8(5,15)16/h1-3H. The van der Waals surface area contributed by atoms with Crippen molar-refractivity contribution in [2.24, 2.45) is 0 Å². The molecule has 0 aromatic carbocycles. The number of alkyl halides is 9. The molecule has 0 nitrogen and oxygen atoms in total. The van der Waals surface area contributed by atoms with Crippen LogP contribution in [0, 0.1) is 0 Å². The van der Waals surface area contributed by atoms with Crippen LogP contribution < -0.4 is 0 Å². The van der Waals surface area contributed by atoms with Gasteiger partial charge in [0.1, 0.15) is 0 Å². The summed E-state index contributed by atoms with van der Waals surface area (Å²) >= 11 is 0. The maximum atomic E-state index is 13.7. The predicted molar refractivity (Wildman–Crippen MR) is 40.9 cm³/mol. The van der Waals surface area contributed by atoms with Gasteiger partial charge in [-0.05, 0) is 18.2 Å². The molecule has 0 aromatic heterocycles. The molecule has 2 bridgehead atoms. The molecule has 0 fully saturated rings. The number of rotatable bonds is 0. The molecule has 0 spiro atoms. The summed E-state index contributed by atoms with van der Waals surface area (Å²) in [5.41, 5.74) is -11.8. The Kier molecular flexibility index (Phi) is 2.12. The molecule has 3 aliphatic carbocycles. The molecule has 0 saturated carbocycles. The van der Waals surface area contributed by atoms with E-state index < -0.39 is 47.1 Å². The van der Waals surface area contributed by atoms with Gasteiger partial charge in [-0.15, -0.1) is 0 Å². The van der Waals surface area contributed by atoms with Crippen LogP contribution in [0.2, 0.25) is 0 Å². The van der Waals surface area contributed by atoms with Crippen molar-refractivity contribution in [2.45, 2.75) is 29.4 Å². The van der Waals surface area contributed by atoms with Crippen molar-refractivity contribution in [2.75, 3.05) is 0 Å². The Morgan fingerprint density at radius 3 is 1.72 bits per heavy atom. The molecule has 9 heteroatoms. The fraction of sp³-hybridized carbons (Fsp3) is 0.556. The smallest absolute Gasteiger partial charge is 0.228 e. The van der Waals surface area contributed by atoms with E-state index in [1.165, 1.54) is 0 Å². The maximum Gasteiger partial charge on any atom is 0.416 e. The monoisotopic (exact) mass is 282 g/mol. The summed E-state index contributed by atoms with van der Waals surface area (Å²) in [5.74, 6) is -11.4. The molecule has 0 radical (unpaired) electrons. The molecule has 18 heavy (non-hydrogen) atoms. The van der Waals surface area contributed by atoms with E-state index in [2.05, 4.69) is 0 Å². The zero-order chi connectivity index (χ0) is 14.2. The van der Waals surface area contributed by atoms with E-state index in [4.69, 9.17) is 0 Å². The first-order chi connectivity index (χ1) is 7.80. The SMILES string of the molecule is FC(F)(F)C1=CC2(F)C=CC1(F)C(F)(F)C2(F)F. The Morgan fingerprint density at radius 1 is 0.778 bits per heavy atom. The highest BCUT2D eigenvalue weighted by Crippen LogP contribution is 2.64. The summed E-state index contributed by atoms with van der Waals surface area (Å²) in [6, 6.07) is 0. The molecule has 0 aliphatic heterocycles. The average molecular weight is 282 g/mol. The van der Waals surface area contributed by atoms with Crippen LogP contribution in [0.15, 0.2) is 23.8 Å². The van der Waals surface area contributed by atoms with Gasteiger partial charge in [0.2, 0.25) is 11.3 Å². The van der Waals surface area contributed by atoms with Gasteiger partial charge in [-0.1, -0.05) is 0 Å². The third-order valence-corrected chi connectivity index (χ3v) is 2.94. The fourth-order valence-electron chi connectivity index (χ4n) is 1.92. The van der Waals surface area contributed by atoms with Gasteiger partial charge in [0.15, 0.2) is 0 Å².